The lowest BCUT2D eigenvalue weighted by Gasteiger charge is -2.35. The number of ether oxygens (including phenoxy) is 1. The molecule has 2 heterocycles. The van der Waals surface area contributed by atoms with Gasteiger partial charge in [-0.3, -0.25) is 0 Å². The van der Waals surface area contributed by atoms with Gasteiger partial charge in [0, 0.05) is 26.2 Å². The van der Waals surface area contributed by atoms with Gasteiger partial charge < -0.3 is 19.1 Å². The molecule has 0 bridgehead atoms. The number of nitriles is 1. The van der Waals surface area contributed by atoms with Crippen molar-refractivity contribution < 1.29 is 9.53 Å². The SMILES string of the molecule is CCOC(=O)N1CCN(c2nc(C)n(Cc3ccccc3)c(=S)c2C#N)CC1. The molecule has 1 saturated heterocycles. The van der Waals surface area contributed by atoms with E-state index in [0.29, 0.717) is 55.4 Å². The van der Waals surface area contributed by atoms with Crippen LogP contribution in [0.5, 0.6) is 0 Å². The Morgan fingerprint density at radius 2 is 1.93 bits per heavy atom. The Kier molecular flexibility index (Phi) is 6.26. The van der Waals surface area contributed by atoms with Crippen LogP contribution in [0.25, 0.3) is 0 Å². The lowest BCUT2D eigenvalue weighted by molar-refractivity contribution is 0.105. The highest BCUT2D eigenvalue weighted by molar-refractivity contribution is 7.71. The zero-order chi connectivity index (χ0) is 20.1. The van der Waals surface area contributed by atoms with E-state index in [9.17, 15) is 10.1 Å². The van der Waals surface area contributed by atoms with Gasteiger partial charge >= 0.3 is 6.09 Å². The maximum atomic E-state index is 11.9. The average molecular weight is 398 g/mol. The van der Waals surface area contributed by atoms with E-state index in [-0.39, 0.29) is 6.09 Å². The summed E-state index contributed by atoms with van der Waals surface area (Å²) < 4.78 is 7.44. The molecule has 0 aliphatic carbocycles. The quantitative estimate of drug-likeness (QED) is 0.738. The maximum absolute atomic E-state index is 11.9. The van der Waals surface area contributed by atoms with Crippen LogP contribution in [0.3, 0.4) is 0 Å². The van der Waals surface area contributed by atoms with Crippen LogP contribution in [0.4, 0.5) is 10.6 Å². The maximum Gasteiger partial charge on any atom is 0.409 e. The molecule has 1 aromatic carbocycles. The molecule has 2 aromatic rings. The molecule has 3 rings (SSSR count). The number of nitrogens with zero attached hydrogens (tertiary/aromatic N) is 5. The minimum absolute atomic E-state index is 0.301. The van der Waals surface area contributed by atoms with Crippen LogP contribution in [0.2, 0.25) is 0 Å². The third-order valence-corrected chi connectivity index (χ3v) is 5.17. The predicted octanol–water partition coefficient (Wildman–Crippen LogP) is 3.12. The average Bonchev–Trinajstić information content (AvgIpc) is 2.72. The first-order valence-corrected chi connectivity index (χ1v) is 9.68. The fraction of sp³-hybridized carbons (Fsp3) is 0.400. The largest absolute Gasteiger partial charge is 0.450 e. The Balaban J connectivity index is 1.84. The first kappa shape index (κ1) is 19.8. The Morgan fingerprint density at radius 3 is 2.54 bits per heavy atom. The number of amides is 1. The molecule has 0 unspecified atom stereocenters. The third kappa shape index (κ3) is 4.15. The van der Waals surface area contributed by atoms with Crippen LogP contribution in [0.1, 0.15) is 23.9 Å². The number of piperazine rings is 1. The summed E-state index contributed by atoms with van der Waals surface area (Å²) in [5.41, 5.74) is 1.50. The number of carbonyl (C=O) groups is 1. The Hall–Kier alpha value is -2.92. The van der Waals surface area contributed by atoms with E-state index < -0.39 is 0 Å². The van der Waals surface area contributed by atoms with E-state index in [4.69, 9.17) is 21.9 Å². The number of aryl methyl sites for hydroxylation is 1. The smallest absolute Gasteiger partial charge is 0.409 e. The molecule has 0 saturated carbocycles. The van der Waals surface area contributed by atoms with Crippen molar-refractivity contribution >= 4 is 24.1 Å². The third-order valence-electron chi connectivity index (χ3n) is 4.74. The van der Waals surface area contributed by atoms with Crippen molar-refractivity contribution in [2.45, 2.75) is 20.4 Å². The molecule has 0 spiro atoms. The normalized spacial score (nSPS) is 13.9. The highest BCUT2D eigenvalue weighted by atomic mass is 32.1. The Labute approximate surface area is 169 Å². The van der Waals surface area contributed by atoms with Gasteiger partial charge in [0.1, 0.15) is 22.1 Å². The summed E-state index contributed by atoms with van der Waals surface area (Å²) in [4.78, 5) is 20.3. The minimum atomic E-state index is -0.301. The highest BCUT2D eigenvalue weighted by Crippen LogP contribution is 2.22. The summed E-state index contributed by atoms with van der Waals surface area (Å²) in [5, 5.41) is 9.74. The molecule has 146 valence electrons. The molecule has 7 nitrogen and oxygen atoms in total. The fourth-order valence-corrected chi connectivity index (χ4v) is 3.58. The van der Waals surface area contributed by atoms with Gasteiger partial charge in [-0.05, 0) is 19.4 Å². The van der Waals surface area contributed by atoms with Gasteiger partial charge in [-0.15, -0.1) is 0 Å². The number of aromatic nitrogens is 2. The second-order valence-electron chi connectivity index (χ2n) is 6.52. The second kappa shape index (κ2) is 8.85. The van der Waals surface area contributed by atoms with Crippen molar-refractivity contribution in [1.82, 2.24) is 14.5 Å². The van der Waals surface area contributed by atoms with Crippen LogP contribution >= 0.6 is 12.2 Å². The lowest BCUT2D eigenvalue weighted by Crippen LogP contribution is -2.49. The zero-order valence-corrected chi connectivity index (χ0v) is 16.9. The summed E-state index contributed by atoms with van der Waals surface area (Å²) in [6.45, 7) is 6.83. The molecule has 0 atom stereocenters. The van der Waals surface area contributed by atoms with Gasteiger partial charge in [-0.1, -0.05) is 42.5 Å². The number of hydrogen-bond acceptors (Lipinski definition) is 6. The molecule has 0 radical (unpaired) electrons. The summed E-state index contributed by atoms with van der Waals surface area (Å²) in [6, 6.07) is 12.2. The van der Waals surface area contributed by atoms with Crippen molar-refractivity contribution in [3.63, 3.8) is 0 Å². The van der Waals surface area contributed by atoms with Crippen LogP contribution in [0, 0.1) is 22.9 Å². The van der Waals surface area contributed by atoms with Crippen molar-refractivity contribution in [2.75, 3.05) is 37.7 Å². The van der Waals surface area contributed by atoms with Crippen LogP contribution in [-0.4, -0.2) is 53.3 Å². The summed E-state index contributed by atoms with van der Waals surface area (Å²) in [7, 11) is 0. The van der Waals surface area contributed by atoms with E-state index in [2.05, 4.69) is 6.07 Å². The van der Waals surface area contributed by atoms with E-state index in [1.165, 1.54) is 0 Å². The molecule has 8 heteroatoms. The first-order chi connectivity index (χ1) is 13.5. The molecule has 1 amide bonds. The summed E-state index contributed by atoms with van der Waals surface area (Å²) in [5.74, 6) is 1.36. The monoisotopic (exact) mass is 397 g/mol. The number of rotatable bonds is 4. The summed E-state index contributed by atoms with van der Waals surface area (Å²) >= 11 is 5.62. The molecule has 0 N–H and O–H groups in total. The molecule has 1 aliphatic rings. The minimum Gasteiger partial charge on any atom is -0.450 e. The molecule has 28 heavy (non-hydrogen) atoms. The van der Waals surface area contributed by atoms with Gasteiger partial charge in [0.25, 0.3) is 0 Å². The number of hydrogen-bond donors (Lipinski definition) is 0. The standard InChI is InChI=1S/C20H23N5O2S/c1-3-27-20(26)24-11-9-23(10-12-24)18-17(13-21)19(28)25(15(2)22-18)14-16-7-5-4-6-8-16/h4-8H,3,9-12,14H2,1-2H3. The van der Waals surface area contributed by atoms with Crippen molar-refractivity contribution in [3.05, 3.63) is 51.9 Å². The number of benzene rings is 1. The molecule has 1 aliphatic heterocycles. The van der Waals surface area contributed by atoms with Crippen LogP contribution in [-0.2, 0) is 11.3 Å². The van der Waals surface area contributed by atoms with E-state index >= 15 is 0 Å². The van der Waals surface area contributed by atoms with E-state index in [1.54, 1.807) is 11.8 Å². The summed E-state index contributed by atoms with van der Waals surface area (Å²) in [6.07, 6.45) is -0.301. The van der Waals surface area contributed by atoms with Crippen molar-refractivity contribution in [2.24, 2.45) is 0 Å². The molecular weight excluding hydrogens is 374 g/mol. The van der Waals surface area contributed by atoms with Gasteiger partial charge in [0.05, 0.1) is 13.2 Å². The van der Waals surface area contributed by atoms with E-state index in [0.717, 1.165) is 11.4 Å². The molecule has 1 aromatic heterocycles. The van der Waals surface area contributed by atoms with Gasteiger partial charge in [0.2, 0.25) is 0 Å². The number of anilines is 1. The molecule has 1 fully saturated rings. The highest BCUT2D eigenvalue weighted by Gasteiger charge is 2.25. The topological polar surface area (TPSA) is 74.4 Å². The van der Waals surface area contributed by atoms with Gasteiger partial charge in [-0.2, -0.15) is 5.26 Å². The van der Waals surface area contributed by atoms with Gasteiger partial charge in [-0.25, -0.2) is 9.78 Å². The van der Waals surface area contributed by atoms with Crippen LogP contribution in [0.15, 0.2) is 30.3 Å². The first-order valence-electron chi connectivity index (χ1n) is 9.27. The van der Waals surface area contributed by atoms with Crippen LogP contribution < -0.4 is 4.90 Å². The van der Waals surface area contributed by atoms with Gasteiger partial charge in [0.15, 0.2) is 5.82 Å². The Morgan fingerprint density at radius 1 is 1.25 bits per heavy atom. The Bertz CT molecular complexity index is 944. The number of carbonyl (C=O) groups excluding carboxylic acids is 1. The fourth-order valence-electron chi connectivity index (χ4n) is 3.24. The molecular formula is C20H23N5O2S. The second-order valence-corrected chi connectivity index (χ2v) is 6.91. The zero-order valence-electron chi connectivity index (χ0n) is 16.1. The van der Waals surface area contributed by atoms with Crippen molar-refractivity contribution in [3.8, 4) is 6.07 Å². The predicted molar refractivity (Wildman–Crippen MR) is 109 cm³/mol. The van der Waals surface area contributed by atoms with E-state index in [1.807, 2.05) is 46.7 Å². The van der Waals surface area contributed by atoms with Crippen molar-refractivity contribution in [1.29, 1.82) is 5.26 Å². The lowest BCUT2D eigenvalue weighted by atomic mass is 10.2.